The molecule has 0 saturated heterocycles. The zero-order valence-electron chi connectivity index (χ0n) is 12.1. The van der Waals surface area contributed by atoms with E-state index in [0.29, 0.717) is 5.92 Å². The van der Waals surface area contributed by atoms with Gasteiger partial charge in [0.15, 0.2) is 0 Å². The molecule has 21 heavy (non-hydrogen) atoms. The van der Waals surface area contributed by atoms with Crippen molar-refractivity contribution >= 4 is 11.8 Å². The van der Waals surface area contributed by atoms with Crippen molar-refractivity contribution < 1.29 is 18.3 Å². The first-order valence-electron chi connectivity index (χ1n) is 7.44. The van der Waals surface area contributed by atoms with E-state index < -0.39 is 11.6 Å². The smallest absolute Gasteiger partial charge is 0.388 e. The largest absolute Gasteiger partial charge is 0.446 e. The predicted molar refractivity (Wildman–Crippen MR) is 79.1 cm³/mol. The third-order valence-corrected chi connectivity index (χ3v) is 5.09. The molecule has 0 bridgehead atoms. The maximum atomic E-state index is 12.3. The molecule has 5 heteroatoms. The van der Waals surface area contributed by atoms with Gasteiger partial charge >= 0.3 is 5.51 Å². The van der Waals surface area contributed by atoms with Crippen molar-refractivity contribution in [2.24, 2.45) is 11.8 Å². The number of alkyl halides is 3. The lowest BCUT2D eigenvalue weighted by atomic mass is 9.73. The van der Waals surface area contributed by atoms with Crippen LogP contribution in [0.1, 0.15) is 50.7 Å². The summed E-state index contributed by atoms with van der Waals surface area (Å²) in [6, 6.07) is 6.14. The highest BCUT2D eigenvalue weighted by molar-refractivity contribution is 8.00. The van der Waals surface area contributed by atoms with Crippen molar-refractivity contribution in [2.75, 3.05) is 0 Å². The maximum Gasteiger partial charge on any atom is 0.446 e. The van der Waals surface area contributed by atoms with Gasteiger partial charge in [-0.25, -0.2) is 0 Å². The Morgan fingerprint density at radius 2 is 1.81 bits per heavy atom. The molecule has 1 nitrogen and oxygen atoms in total. The normalized spacial score (nSPS) is 24.8. The molecule has 1 saturated carbocycles. The van der Waals surface area contributed by atoms with Crippen molar-refractivity contribution in [2.45, 2.75) is 55.5 Å². The molecule has 1 N–H and O–H groups in total. The Labute approximate surface area is 127 Å². The van der Waals surface area contributed by atoms with E-state index >= 15 is 0 Å². The van der Waals surface area contributed by atoms with Crippen LogP contribution in [0.2, 0.25) is 0 Å². The number of benzene rings is 1. The van der Waals surface area contributed by atoms with E-state index in [1.165, 1.54) is 18.6 Å². The van der Waals surface area contributed by atoms with Gasteiger partial charge in [0.2, 0.25) is 0 Å². The molecule has 1 aromatic rings. The molecular formula is C16H21F3OS. The average Bonchev–Trinajstić information content (AvgIpc) is 2.45. The molecule has 0 radical (unpaired) electrons. The first-order valence-corrected chi connectivity index (χ1v) is 8.26. The van der Waals surface area contributed by atoms with Crippen molar-refractivity contribution in [3.63, 3.8) is 0 Å². The van der Waals surface area contributed by atoms with E-state index in [1.807, 2.05) is 0 Å². The molecule has 1 aliphatic rings. The number of aliphatic hydroxyl groups excluding tert-OH is 1. The van der Waals surface area contributed by atoms with Crippen LogP contribution in [-0.2, 0) is 0 Å². The minimum absolute atomic E-state index is 0.120. The summed E-state index contributed by atoms with van der Waals surface area (Å²) in [7, 11) is 0. The summed E-state index contributed by atoms with van der Waals surface area (Å²) >= 11 is -0.120. The second-order valence-corrected chi connectivity index (χ2v) is 6.82. The monoisotopic (exact) mass is 318 g/mol. The van der Waals surface area contributed by atoms with Gasteiger partial charge in [0.1, 0.15) is 0 Å². The van der Waals surface area contributed by atoms with Crippen LogP contribution in [0.4, 0.5) is 13.2 Å². The van der Waals surface area contributed by atoms with E-state index in [2.05, 4.69) is 6.92 Å². The number of hydrogen-bond acceptors (Lipinski definition) is 2. The zero-order chi connectivity index (χ0) is 15.5. The first-order chi connectivity index (χ1) is 9.90. The number of halogens is 3. The van der Waals surface area contributed by atoms with Gasteiger partial charge in [0, 0.05) is 4.90 Å². The van der Waals surface area contributed by atoms with Crippen LogP contribution in [0, 0.1) is 11.8 Å². The van der Waals surface area contributed by atoms with Gasteiger partial charge < -0.3 is 5.11 Å². The molecule has 3 atom stereocenters. The van der Waals surface area contributed by atoms with Gasteiger partial charge in [0.25, 0.3) is 0 Å². The van der Waals surface area contributed by atoms with E-state index in [-0.39, 0.29) is 22.6 Å². The second kappa shape index (κ2) is 7.05. The summed E-state index contributed by atoms with van der Waals surface area (Å²) in [6.07, 6.45) is 4.95. The summed E-state index contributed by atoms with van der Waals surface area (Å²) in [5.74, 6) is 0.739. The topological polar surface area (TPSA) is 20.2 Å². The van der Waals surface area contributed by atoms with E-state index in [1.54, 1.807) is 12.1 Å². The highest BCUT2D eigenvalue weighted by atomic mass is 32.2. The van der Waals surface area contributed by atoms with Crippen molar-refractivity contribution in [3.05, 3.63) is 29.8 Å². The average molecular weight is 318 g/mol. The van der Waals surface area contributed by atoms with Crippen molar-refractivity contribution in [1.82, 2.24) is 0 Å². The fourth-order valence-electron chi connectivity index (χ4n) is 3.27. The molecule has 0 aliphatic heterocycles. The Hall–Kier alpha value is -0.680. The lowest BCUT2D eigenvalue weighted by Gasteiger charge is -2.34. The first kappa shape index (κ1) is 16.7. The Balaban J connectivity index is 2.06. The van der Waals surface area contributed by atoms with Crippen LogP contribution in [-0.4, -0.2) is 10.6 Å². The highest BCUT2D eigenvalue weighted by Gasteiger charge is 2.31. The van der Waals surface area contributed by atoms with E-state index in [9.17, 15) is 18.3 Å². The molecule has 1 fully saturated rings. The molecule has 0 spiro atoms. The summed E-state index contributed by atoms with van der Waals surface area (Å²) in [6.45, 7) is 2.14. The lowest BCUT2D eigenvalue weighted by molar-refractivity contribution is -0.0328. The molecule has 0 aromatic heterocycles. The number of hydrogen-bond donors (Lipinski definition) is 1. The predicted octanol–water partition coefficient (Wildman–Crippen LogP) is 5.55. The van der Waals surface area contributed by atoms with E-state index in [0.717, 1.165) is 31.2 Å². The quantitative estimate of drug-likeness (QED) is 0.735. The summed E-state index contributed by atoms with van der Waals surface area (Å²) in [4.78, 5) is 0.161. The molecule has 0 heterocycles. The standard InChI is InChI=1S/C16H21F3OS/c1-2-11-5-3-4-6-14(11)15(20)12-7-9-13(10-8-12)21-16(17,18)19/h7-11,14-15,20H,2-6H2,1H3. The van der Waals surface area contributed by atoms with E-state index in [4.69, 9.17) is 0 Å². The Morgan fingerprint density at radius 1 is 1.19 bits per heavy atom. The lowest BCUT2D eigenvalue weighted by Crippen LogP contribution is -2.25. The van der Waals surface area contributed by atoms with Crippen molar-refractivity contribution in [3.8, 4) is 0 Å². The van der Waals surface area contributed by atoms with Gasteiger partial charge in [-0.15, -0.1) is 0 Å². The molecule has 0 amide bonds. The fraction of sp³-hybridized carbons (Fsp3) is 0.625. The van der Waals surface area contributed by atoms with Crippen LogP contribution in [0.25, 0.3) is 0 Å². The number of rotatable bonds is 4. The maximum absolute atomic E-state index is 12.3. The molecule has 118 valence electrons. The molecule has 3 unspecified atom stereocenters. The zero-order valence-corrected chi connectivity index (χ0v) is 12.9. The Bertz CT molecular complexity index is 444. The molecule has 1 aromatic carbocycles. The minimum Gasteiger partial charge on any atom is -0.388 e. The summed E-state index contributed by atoms with van der Waals surface area (Å²) in [5.41, 5.74) is -3.54. The molecule has 1 aliphatic carbocycles. The van der Waals surface area contributed by atoms with Gasteiger partial charge in [-0.1, -0.05) is 44.7 Å². The summed E-state index contributed by atoms with van der Waals surface area (Å²) < 4.78 is 36.9. The van der Waals surface area contributed by atoms with Gasteiger partial charge in [-0.2, -0.15) is 13.2 Å². The highest BCUT2D eigenvalue weighted by Crippen LogP contribution is 2.41. The van der Waals surface area contributed by atoms with Crippen molar-refractivity contribution in [1.29, 1.82) is 0 Å². The third kappa shape index (κ3) is 4.65. The minimum atomic E-state index is -4.27. The van der Waals surface area contributed by atoms with Crippen LogP contribution < -0.4 is 0 Å². The van der Waals surface area contributed by atoms with Crippen LogP contribution in [0.15, 0.2) is 29.2 Å². The van der Waals surface area contributed by atoms with Gasteiger partial charge in [-0.3, -0.25) is 0 Å². The number of aliphatic hydroxyl groups is 1. The number of thioether (sulfide) groups is 1. The summed E-state index contributed by atoms with van der Waals surface area (Å²) in [5, 5.41) is 10.5. The Kier molecular flexibility index (Phi) is 5.60. The van der Waals surface area contributed by atoms with Crippen LogP contribution in [0.3, 0.4) is 0 Å². The SMILES string of the molecule is CCC1CCCCC1C(O)c1ccc(SC(F)(F)F)cc1. The second-order valence-electron chi connectivity index (χ2n) is 5.68. The van der Waals surface area contributed by atoms with Gasteiger partial charge in [0.05, 0.1) is 6.10 Å². The molecule has 2 rings (SSSR count). The van der Waals surface area contributed by atoms with Crippen LogP contribution >= 0.6 is 11.8 Å². The third-order valence-electron chi connectivity index (χ3n) is 4.35. The Morgan fingerprint density at radius 3 is 2.38 bits per heavy atom. The van der Waals surface area contributed by atoms with Crippen LogP contribution in [0.5, 0.6) is 0 Å². The molecular weight excluding hydrogens is 297 g/mol. The fourth-order valence-corrected chi connectivity index (χ4v) is 3.81. The van der Waals surface area contributed by atoms with Gasteiger partial charge in [-0.05, 0) is 47.7 Å².